The van der Waals surface area contributed by atoms with Crippen LogP contribution in [0.3, 0.4) is 0 Å². The number of aliphatic carboxylic acids is 1. The first-order valence-electron chi connectivity index (χ1n) is 8.49. The molecule has 0 bridgehead atoms. The Kier molecular flexibility index (Phi) is 7.08. The Bertz CT molecular complexity index is 836. The molecule has 7 nitrogen and oxygen atoms in total. The van der Waals surface area contributed by atoms with Crippen LogP contribution in [0.2, 0.25) is 0 Å². The molecule has 0 saturated heterocycles. The summed E-state index contributed by atoms with van der Waals surface area (Å²) in [6.07, 6.45) is 8.36. The van der Waals surface area contributed by atoms with Crippen molar-refractivity contribution in [1.29, 1.82) is 0 Å². The molecule has 0 aliphatic heterocycles. The number of benzene rings is 1. The van der Waals surface area contributed by atoms with E-state index in [-0.39, 0.29) is 22.5 Å². The van der Waals surface area contributed by atoms with Gasteiger partial charge in [0.2, 0.25) is 0 Å². The van der Waals surface area contributed by atoms with Gasteiger partial charge in [0.25, 0.3) is 5.75 Å². The van der Waals surface area contributed by atoms with Gasteiger partial charge in [0, 0.05) is 0 Å². The van der Waals surface area contributed by atoms with E-state index in [9.17, 15) is 14.7 Å². The summed E-state index contributed by atoms with van der Waals surface area (Å²) in [5, 5.41) is 19.2. The maximum atomic E-state index is 12.0. The number of unbranched alkanes of at least 4 members (excludes halogenated alkanes) is 4. The van der Waals surface area contributed by atoms with Gasteiger partial charge in [-0.3, -0.25) is 0 Å². The van der Waals surface area contributed by atoms with E-state index in [4.69, 9.17) is 19.0 Å². The Morgan fingerprint density at radius 3 is 2.81 bits per heavy atom. The first kappa shape index (κ1) is 19.4. The van der Waals surface area contributed by atoms with Crippen molar-refractivity contribution in [2.45, 2.75) is 39.0 Å². The lowest BCUT2D eigenvalue weighted by atomic mass is 10.1. The van der Waals surface area contributed by atoms with Crippen molar-refractivity contribution >= 4 is 16.9 Å². The molecule has 0 saturated carbocycles. The topological polar surface area (TPSA) is 106 Å². The van der Waals surface area contributed by atoms with Crippen LogP contribution in [0.25, 0.3) is 11.0 Å². The van der Waals surface area contributed by atoms with Crippen molar-refractivity contribution < 1.29 is 28.9 Å². The van der Waals surface area contributed by atoms with Crippen molar-refractivity contribution in [3.8, 4) is 17.2 Å². The first-order valence-corrected chi connectivity index (χ1v) is 8.49. The number of hydrogen-bond acceptors (Lipinski definition) is 6. The molecule has 26 heavy (non-hydrogen) atoms. The fraction of sp³-hybridized carbons (Fsp3) is 0.368. The molecule has 0 amide bonds. The van der Waals surface area contributed by atoms with Crippen LogP contribution in [-0.4, -0.2) is 22.8 Å². The Balaban J connectivity index is 2.21. The summed E-state index contributed by atoms with van der Waals surface area (Å²) in [4.78, 5) is 22.7. The lowest BCUT2D eigenvalue weighted by molar-refractivity contribution is -0.139. The van der Waals surface area contributed by atoms with Gasteiger partial charge in [0.15, 0.2) is 12.4 Å². The van der Waals surface area contributed by atoms with Crippen molar-refractivity contribution in [3.05, 3.63) is 41.0 Å². The number of allylic oxidation sites excluding steroid dienone is 1. The van der Waals surface area contributed by atoms with Crippen molar-refractivity contribution in [3.63, 3.8) is 0 Å². The Hall–Kier alpha value is -2.96. The Morgan fingerprint density at radius 1 is 1.27 bits per heavy atom. The van der Waals surface area contributed by atoms with Gasteiger partial charge in [-0.1, -0.05) is 32.3 Å². The maximum Gasteiger partial charge on any atom is 0.383 e. The molecule has 7 heteroatoms. The second kappa shape index (κ2) is 9.50. The van der Waals surface area contributed by atoms with Gasteiger partial charge in [-0.05, 0) is 31.1 Å². The minimum Gasteiger partial charge on any atom is -0.503 e. The maximum absolute atomic E-state index is 12.0. The molecule has 140 valence electrons. The number of hydrogen-bond donors (Lipinski definition) is 2. The molecule has 0 spiro atoms. The number of rotatable bonds is 10. The van der Waals surface area contributed by atoms with E-state index in [0.29, 0.717) is 0 Å². The van der Waals surface area contributed by atoms with Gasteiger partial charge in [-0.15, -0.1) is 0 Å². The van der Waals surface area contributed by atoms with Crippen LogP contribution in [0.5, 0.6) is 17.2 Å². The third kappa shape index (κ3) is 5.02. The molecule has 0 radical (unpaired) electrons. The van der Waals surface area contributed by atoms with E-state index in [2.05, 4.69) is 6.92 Å². The number of carboxylic acid groups (broad SMARTS) is 1. The van der Waals surface area contributed by atoms with Gasteiger partial charge < -0.3 is 24.1 Å². The predicted molar refractivity (Wildman–Crippen MR) is 95.8 cm³/mol. The van der Waals surface area contributed by atoms with E-state index in [0.717, 1.165) is 25.7 Å². The van der Waals surface area contributed by atoms with Crippen molar-refractivity contribution in [2.75, 3.05) is 6.61 Å². The Morgan fingerprint density at radius 2 is 2.08 bits per heavy atom. The summed E-state index contributed by atoms with van der Waals surface area (Å²) in [6.45, 7) is 1.54. The second-order valence-corrected chi connectivity index (χ2v) is 5.72. The van der Waals surface area contributed by atoms with Crippen LogP contribution in [0.15, 0.2) is 39.7 Å². The van der Waals surface area contributed by atoms with E-state index in [1.807, 2.05) is 0 Å². The molecule has 0 unspecified atom stereocenters. The highest BCUT2D eigenvalue weighted by Gasteiger charge is 2.19. The van der Waals surface area contributed by atoms with Crippen molar-refractivity contribution in [1.82, 2.24) is 0 Å². The minimum absolute atomic E-state index is 0.0753. The van der Waals surface area contributed by atoms with Crippen LogP contribution >= 0.6 is 0 Å². The zero-order valence-electron chi connectivity index (χ0n) is 14.6. The van der Waals surface area contributed by atoms with Crippen molar-refractivity contribution in [2.24, 2.45) is 0 Å². The number of fused-ring (bicyclic) bond motifs is 1. The quantitative estimate of drug-likeness (QED) is 0.376. The van der Waals surface area contributed by atoms with Crippen LogP contribution in [0.4, 0.5) is 0 Å². The number of carbonyl (C=O) groups is 1. The minimum atomic E-state index is -1.17. The van der Waals surface area contributed by atoms with Crippen LogP contribution in [0.1, 0.15) is 39.0 Å². The monoisotopic (exact) mass is 362 g/mol. The molecule has 1 heterocycles. The average Bonchev–Trinajstić information content (AvgIpc) is 2.61. The van der Waals surface area contributed by atoms with Crippen LogP contribution in [0, 0.1) is 0 Å². The number of ether oxygens (including phenoxy) is 2. The lowest BCUT2D eigenvalue weighted by Gasteiger charge is -2.10. The standard InChI is InChI=1S/C19H22O7/c1-2-3-4-5-6-7-11-24-18-17(22)16-13(25-12-15(20)21)9-8-10-14(16)26-19(18)23/h7-11,22H,2-6,12H2,1H3,(H,20,21). The molecular formula is C19H22O7. The summed E-state index contributed by atoms with van der Waals surface area (Å²) in [6, 6.07) is 4.47. The summed E-state index contributed by atoms with van der Waals surface area (Å²) >= 11 is 0. The summed E-state index contributed by atoms with van der Waals surface area (Å²) in [5.41, 5.74) is -0.757. The van der Waals surface area contributed by atoms with Gasteiger partial charge in [-0.25, -0.2) is 9.59 Å². The van der Waals surface area contributed by atoms with Gasteiger partial charge in [0.1, 0.15) is 16.7 Å². The van der Waals surface area contributed by atoms with E-state index < -0.39 is 24.0 Å². The molecule has 0 aliphatic carbocycles. The normalized spacial score (nSPS) is 11.1. The second-order valence-electron chi connectivity index (χ2n) is 5.72. The fourth-order valence-electron chi connectivity index (χ4n) is 2.42. The molecular weight excluding hydrogens is 340 g/mol. The Labute approximate surface area is 150 Å². The van der Waals surface area contributed by atoms with Crippen LogP contribution in [-0.2, 0) is 4.79 Å². The van der Waals surface area contributed by atoms with E-state index in [1.165, 1.54) is 30.9 Å². The highest BCUT2D eigenvalue weighted by molar-refractivity contribution is 5.91. The summed E-state index contributed by atoms with van der Waals surface area (Å²) in [7, 11) is 0. The predicted octanol–water partition coefficient (Wildman–Crippen LogP) is 3.82. The van der Waals surface area contributed by atoms with Gasteiger partial charge >= 0.3 is 11.6 Å². The average molecular weight is 362 g/mol. The molecule has 2 aromatic rings. The molecule has 0 aliphatic rings. The fourth-order valence-corrected chi connectivity index (χ4v) is 2.42. The smallest absolute Gasteiger partial charge is 0.383 e. The van der Waals surface area contributed by atoms with Gasteiger partial charge in [0.05, 0.1) is 6.26 Å². The molecule has 1 aromatic heterocycles. The highest BCUT2D eigenvalue weighted by atomic mass is 16.5. The number of carboxylic acids is 1. The molecule has 1 aromatic carbocycles. The SMILES string of the molecule is CCCCCCC=COc1c(O)c2c(OCC(=O)O)cccc2oc1=O. The molecule has 0 atom stereocenters. The summed E-state index contributed by atoms with van der Waals surface area (Å²) < 4.78 is 15.5. The molecule has 2 N–H and O–H groups in total. The third-order valence-corrected chi connectivity index (χ3v) is 3.69. The van der Waals surface area contributed by atoms with E-state index >= 15 is 0 Å². The largest absolute Gasteiger partial charge is 0.503 e. The molecule has 2 rings (SSSR count). The van der Waals surface area contributed by atoms with Gasteiger partial charge in [-0.2, -0.15) is 0 Å². The number of aromatic hydroxyl groups is 1. The molecule has 0 fully saturated rings. The van der Waals surface area contributed by atoms with E-state index in [1.54, 1.807) is 6.08 Å². The third-order valence-electron chi connectivity index (χ3n) is 3.69. The lowest BCUT2D eigenvalue weighted by Crippen LogP contribution is -2.10. The first-order chi connectivity index (χ1) is 12.5. The zero-order valence-corrected chi connectivity index (χ0v) is 14.6. The van der Waals surface area contributed by atoms with Crippen LogP contribution < -0.4 is 15.1 Å². The zero-order chi connectivity index (χ0) is 18.9. The highest BCUT2D eigenvalue weighted by Crippen LogP contribution is 2.37. The summed E-state index contributed by atoms with van der Waals surface area (Å²) in [5.74, 6) is -1.90.